The highest BCUT2D eigenvalue weighted by atomic mass is 16.1. The third kappa shape index (κ3) is 4.97. The minimum atomic E-state index is -0.191. The SMILES string of the molecule is CN(C)c1ccc(NC(=O)c2ccc(NC3CCCCCC3)cn2)cc1. The van der Waals surface area contributed by atoms with E-state index in [0.717, 1.165) is 17.1 Å². The van der Waals surface area contributed by atoms with Gasteiger partial charge in [0.2, 0.25) is 0 Å². The first kappa shape index (κ1) is 18.2. The molecule has 0 unspecified atom stereocenters. The first-order valence-corrected chi connectivity index (χ1v) is 9.43. The second-order valence-corrected chi connectivity index (χ2v) is 7.16. The van der Waals surface area contributed by atoms with Gasteiger partial charge in [-0.3, -0.25) is 4.79 Å². The lowest BCUT2D eigenvalue weighted by molar-refractivity contribution is 0.102. The number of carbonyl (C=O) groups excluding carboxylic acids is 1. The zero-order valence-electron chi connectivity index (χ0n) is 15.7. The molecule has 1 aliphatic carbocycles. The largest absolute Gasteiger partial charge is 0.381 e. The Hall–Kier alpha value is -2.56. The van der Waals surface area contributed by atoms with E-state index < -0.39 is 0 Å². The molecule has 0 aliphatic heterocycles. The first-order valence-electron chi connectivity index (χ1n) is 9.43. The number of aromatic nitrogens is 1. The zero-order chi connectivity index (χ0) is 18.4. The summed E-state index contributed by atoms with van der Waals surface area (Å²) in [6.07, 6.45) is 9.44. The van der Waals surface area contributed by atoms with Gasteiger partial charge < -0.3 is 15.5 Å². The number of nitrogens with one attached hydrogen (secondary N) is 2. The molecule has 1 fully saturated rings. The average Bonchev–Trinajstić information content (AvgIpc) is 2.91. The number of benzene rings is 1. The van der Waals surface area contributed by atoms with Crippen molar-refractivity contribution in [3.8, 4) is 0 Å². The van der Waals surface area contributed by atoms with Crippen molar-refractivity contribution >= 4 is 23.0 Å². The molecule has 1 aliphatic rings. The third-order valence-corrected chi connectivity index (χ3v) is 4.86. The van der Waals surface area contributed by atoms with Crippen molar-refractivity contribution in [1.29, 1.82) is 0 Å². The highest BCUT2D eigenvalue weighted by Gasteiger charge is 2.13. The van der Waals surface area contributed by atoms with E-state index in [0.29, 0.717) is 11.7 Å². The second kappa shape index (κ2) is 8.70. The summed E-state index contributed by atoms with van der Waals surface area (Å²) in [4.78, 5) is 18.7. The number of pyridine rings is 1. The fourth-order valence-corrected chi connectivity index (χ4v) is 3.31. The first-order chi connectivity index (χ1) is 12.6. The Labute approximate surface area is 155 Å². The smallest absolute Gasteiger partial charge is 0.274 e. The van der Waals surface area contributed by atoms with Crippen LogP contribution in [-0.4, -0.2) is 31.0 Å². The van der Waals surface area contributed by atoms with Gasteiger partial charge in [0.05, 0.1) is 11.9 Å². The van der Waals surface area contributed by atoms with Crippen LogP contribution in [0.25, 0.3) is 0 Å². The van der Waals surface area contributed by atoms with Crippen LogP contribution in [0, 0.1) is 0 Å². The van der Waals surface area contributed by atoms with Gasteiger partial charge in [0.15, 0.2) is 0 Å². The van der Waals surface area contributed by atoms with E-state index in [2.05, 4.69) is 15.6 Å². The van der Waals surface area contributed by atoms with Crippen LogP contribution in [0.1, 0.15) is 49.0 Å². The topological polar surface area (TPSA) is 57.3 Å². The fourth-order valence-electron chi connectivity index (χ4n) is 3.31. The van der Waals surface area contributed by atoms with Gasteiger partial charge >= 0.3 is 0 Å². The third-order valence-electron chi connectivity index (χ3n) is 4.86. The molecule has 1 amide bonds. The monoisotopic (exact) mass is 352 g/mol. The summed E-state index contributed by atoms with van der Waals surface area (Å²) >= 11 is 0. The summed E-state index contributed by atoms with van der Waals surface area (Å²) in [5.41, 5.74) is 3.27. The minimum Gasteiger partial charge on any atom is -0.381 e. The van der Waals surface area contributed by atoms with Crippen molar-refractivity contribution < 1.29 is 4.79 Å². The molecule has 2 N–H and O–H groups in total. The van der Waals surface area contributed by atoms with Crippen molar-refractivity contribution in [2.45, 2.75) is 44.6 Å². The number of hydrogen-bond acceptors (Lipinski definition) is 4. The predicted molar refractivity (Wildman–Crippen MR) is 108 cm³/mol. The van der Waals surface area contributed by atoms with Gasteiger partial charge in [-0.05, 0) is 49.2 Å². The van der Waals surface area contributed by atoms with Crippen LogP contribution >= 0.6 is 0 Å². The molecule has 1 heterocycles. The second-order valence-electron chi connectivity index (χ2n) is 7.16. The quantitative estimate of drug-likeness (QED) is 0.776. The Kier molecular flexibility index (Phi) is 6.10. The average molecular weight is 352 g/mol. The molecule has 0 saturated heterocycles. The molecule has 5 heteroatoms. The maximum Gasteiger partial charge on any atom is 0.274 e. The van der Waals surface area contributed by atoms with Crippen molar-refractivity contribution in [2.75, 3.05) is 29.6 Å². The molecule has 0 radical (unpaired) electrons. The molecule has 0 spiro atoms. The van der Waals surface area contributed by atoms with Crippen LogP contribution in [0.2, 0.25) is 0 Å². The van der Waals surface area contributed by atoms with Crippen LogP contribution in [0.3, 0.4) is 0 Å². The van der Waals surface area contributed by atoms with E-state index in [9.17, 15) is 4.79 Å². The predicted octanol–water partition coefficient (Wildman–Crippen LogP) is 4.53. The van der Waals surface area contributed by atoms with E-state index in [4.69, 9.17) is 0 Å². The van der Waals surface area contributed by atoms with Crippen molar-refractivity contribution in [3.63, 3.8) is 0 Å². The van der Waals surface area contributed by atoms with Crippen LogP contribution in [0.5, 0.6) is 0 Å². The summed E-state index contributed by atoms with van der Waals surface area (Å²) in [6.45, 7) is 0. The summed E-state index contributed by atoms with van der Waals surface area (Å²) in [6, 6.07) is 12.0. The molecule has 1 aromatic carbocycles. The van der Waals surface area contributed by atoms with E-state index in [1.807, 2.05) is 49.3 Å². The lowest BCUT2D eigenvalue weighted by atomic mass is 10.1. The Bertz CT molecular complexity index is 702. The van der Waals surface area contributed by atoms with Crippen LogP contribution in [-0.2, 0) is 0 Å². The number of carbonyl (C=O) groups is 1. The Morgan fingerprint density at radius 3 is 2.19 bits per heavy atom. The fraction of sp³-hybridized carbons (Fsp3) is 0.429. The van der Waals surface area contributed by atoms with Crippen LogP contribution in [0.4, 0.5) is 17.1 Å². The van der Waals surface area contributed by atoms with E-state index >= 15 is 0 Å². The normalized spacial score (nSPS) is 15.2. The molecule has 1 saturated carbocycles. The van der Waals surface area contributed by atoms with Gasteiger partial charge in [-0.15, -0.1) is 0 Å². The Morgan fingerprint density at radius 2 is 1.62 bits per heavy atom. The van der Waals surface area contributed by atoms with Gasteiger partial charge in [0.25, 0.3) is 5.91 Å². The molecular formula is C21H28N4O. The van der Waals surface area contributed by atoms with Gasteiger partial charge in [-0.1, -0.05) is 25.7 Å². The Balaban J connectivity index is 1.57. The van der Waals surface area contributed by atoms with E-state index in [-0.39, 0.29) is 5.91 Å². The van der Waals surface area contributed by atoms with Crippen LogP contribution < -0.4 is 15.5 Å². The maximum absolute atomic E-state index is 12.4. The zero-order valence-corrected chi connectivity index (χ0v) is 15.7. The summed E-state index contributed by atoms with van der Waals surface area (Å²) in [5.74, 6) is -0.191. The molecule has 5 nitrogen and oxygen atoms in total. The maximum atomic E-state index is 12.4. The molecular weight excluding hydrogens is 324 g/mol. The molecule has 0 bridgehead atoms. The molecule has 3 rings (SSSR count). The standard InChI is InChI=1S/C21H28N4O/c1-25(2)19-12-9-17(10-13-19)24-21(26)20-14-11-18(15-22-20)23-16-7-5-3-4-6-8-16/h9-16,23H,3-8H2,1-2H3,(H,24,26). The number of nitrogens with zero attached hydrogens (tertiary/aromatic N) is 2. The van der Waals surface area contributed by atoms with Gasteiger partial charge in [0, 0.05) is 31.5 Å². The van der Waals surface area contributed by atoms with Gasteiger partial charge in [0.1, 0.15) is 5.69 Å². The molecule has 0 atom stereocenters. The molecule has 1 aromatic heterocycles. The summed E-state index contributed by atoms with van der Waals surface area (Å²) in [7, 11) is 3.98. The summed E-state index contributed by atoms with van der Waals surface area (Å²) < 4.78 is 0. The number of rotatable bonds is 5. The number of hydrogen-bond donors (Lipinski definition) is 2. The molecule has 2 aromatic rings. The van der Waals surface area contributed by atoms with E-state index in [1.54, 1.807) is 12.3 Å². The van der Waals surface area contributed by atoms with Crippen LogP contribution in [0.15, 0.2) is 42.6 Å². The van der Waals surface area contributed by atoms with Gasteiger partial charge in [-0.25, -0.2) is 4.98 Å². The summed E-state index contributed by atoms with van der Waals surface area (Å²) in [5, 5.41) is 6.45. The number of anilines is 3. The lowest BCUT2D eigenvalue weighted by Gasteiger charge is -2.17. The van der Waals surface area contributed by atoms with Crippen molar-refractivity contribution in [1.82, 2.24) is 4.98 Å². The minimum absolute atomic E-state index is 0.191. The van der Waals surface area contributed by atoms with Gasteiger partial charge in [-0.2, -0.15) is 0 Å². The van der Waals surface area contributed by atoms with Crippen molar-refractivity contribution in [2.24, 2.45) is 0 Å². The number of amides is 1. The highest BCUT2D eigenvalue weighted by molar-refractivity contribution is 6.03. The highest BCUT2D eigenvalue weighted by Crippen LogP contribution is 2.21. The van der Waals surface area contributed by atoms with Crippen molar-refractivity contribution in [3.05, 3.63) is 48.3 Å². The Morgan fingerprint density at radius 1 is 0.962 bits per heavy atom. The lowest BCUT2D eigenvalue weighted by Crippen LogP contribution is -2.19. The van der Waals surface area contributed by atoms with E-state index in [1.165, 1.54) is 38.5 Å². The molecule has 26 heavy (non-hydrogen) atoms. The molecule has 138 valence electrons.